The van der Waals surface area contributed by atoms with Gasteiger partial charge in [-0.2, -0.15) is 9.40 Å². The van der Waals surface area contributed by atoms with Crippen molar-refractivity contribution in [1.29, 1.82) is 0 Å². The van der Waals surface area contributed by atoms with E-state index < -0.39 is 28.1 Å². The van der Waals surface area contributed by atoms with Crippen LogP contribution in [0.25, 0.3) is 0 Å². The molecule has 1 aliphatic rings. The number of carboxylic acid groups (broad SMARTS) is 1. The smallest absolute Gasteiger partial charge is 0.322 e. The number of carbonyl (C=O) groups is 1. The highest BCUT2D eigenvalue weighted by Gasteiger charge is 2.45. The average molecular weight is 317 g/mol. The lowest BCUT2D eigenvalue weighted by Crippen LogP contribution is -2.40. The minimum Gasteiger partial charge on any atom is -0.480 e. The molecule has 8 nitrogen and oxygen atoms in total. The number of aliphatic carboxylic acids is 1. The van der Waals surface area contributed by atoms with Gasteiger partial charge in [-0.15, -0.1) is 0 Å². The van der Waals surface area contributed by atoms with Crippen molar-refractivity contribution >= 4 is 16.0 Å². The van der Waals surface area contributed by atoms with Gasteiger partial charge in [0.05, 0.1) is 17.5 Å². The van der Waals surface area contributed by atoms with Crippen molar-refractivity contribution in [3.8, 4) is 0 Å². The summed E-state index contributed by atoms with van der Waals surface area (Å²) in [6.07, 6.45) is -0.276. The number of hydrogen-bond donors (Lipinski definition) is 1. The van der Waals surface area contributed by atoms with Crippen molar-refractivity contribution in [3.05, 3.63) is 11.4 Å². The van der Waals surface area contributed by atoms with Crippen LogP contribution in [0.5, 0.6) is 0 Å². The third-order valence-electron chi connectivity index (χ3n) is 3.85. The van der Waals surface area contributed by atoms with Crippen LogP contribution in [0, 0.1) is 13.8 Å². The Kier molecular flexibility index (Phi) is 4.09. The van der Waals surface area contributed by atoms with Gasteiger partial charge in [0, 0.05) is 27.1 Å². The second-order valence-electron chi connectivity index (χ2n) is 5.15. The predicted molar refractivity (Wildman–Crippen MR) is 73.4 cm³/mol. The molecule has 1 aromatic heterocycles. The Bertz CT molecular complexity index is 667. The maximum absolute atomic E-state index is 12.8. The lowest BCUT2D eigenvalue weighted by atomic mass is 10.2. The van der Waals surface area contributed by atoms with Gasteiger partial charge in [-0.3, -0.25) is 9.48 Å². The molecule has 0 bridgehead atoms. The van der Waals surface area contributed by atoms with Crippen LogP contribution in [0.1, 0.15) is 17.8 Å². The fraction of sp³-hybridized carbons (Fsp3) is 0.667. The SMILES string of the molecule is COC1CC(C(=O)O)N(S(=O)(=O)c2c(C)nn(C)c2C)C1. The van der Waals surface area contributed by atoms with Crippen molar-refractivity contribution in [2.75, 3.05) is 13.7 Å². The molecule has 9 heteroatoms. The molecule has 1 aromatic rings. The number of ether oxygens (including phenoxy) is 1. The fourth-order valence-corrected chi connectivity index (χ4v) is 4.70. The number of nitrogens with zero attached hydrogens (tertiary/aromatic N) is 3. The van der Waals surface area contributed by atoms with E-state index in [0.717, 1.165) is 4.31 Å². The van der Waals surface area contributed by atoms with Crippen LogP contribution in [0.2, 0.25) is 0 Å². The number of carboxylic acids is 1. The van der Waals surface area contributed by atoms with E-state index in [-0.39, 0.29) is 17.9 Å². The molecule has 0 aromatic carbocycles. The molecule has 2 rings (SSSR count). The molecular weight excluding hydrogens is 298 g/mol. The molecule has 0 spiro atoms. The zero-order valence-electron chi connectivity index (χ0n) is 12.4. The highest BCUT2D eigenvalue weighted by Crippen LogP contribution is 2.30. The Balaban J connectivity index is 2.50. The molecule has 1 fully saturated rings. The minimum absolute atomic E-state index is 0.0313. The molecule has 0 saturated carbocycles. The molecule has 2 unspecified atom stereocenters. The van der Waals surface area contributed by atoms with E-state index in [2.05, 4.69) is 5.10 Å². The third-order valence-corrected chi connectivity index (χ3v) is 5.97. The van der Waals surface area contributed by atoms with Crippen molar-refractivity contribution in [3.63, 3.8) is 0 Å². The van der Waals surface area contributed by atoms with Crippen LogP contribution >= 0.6 is 0 Å². The van der Waals surface area contributed by atoms with Gasteiger partial charge >= 0.3 is 5.97 Å². The lowest BCUT2D eigenvalue weighted by Gasteiger charge is -2.20. The third kappa shape index (κ3) is 2.56. The number of rotatable bonds is 4. The maximum atomic E-state index is 12.8. The summed E-state index contributed by atoms with van der Waals surface area (Å²) >= 11 is 0. The Labute approximate surface area is 123 Å². The molecule has 118 valence electrons. The Hall–Kier alpha value is -1.45. The zero-order chi connectivity index (χ0) is 15.9. The van der Waals surface area contributed by atoms with Gasteiger partial charge in [-0.05, 0) is 13.8 Å². The first-order valence-corrected chi connectivity index (χ1v) is 7.91. The van der Waals surface area contributed by atoms with E-state index >= 15 is 0 Å². The Morgan fingerprint density at radius 1 is 1.43 bits per heavy atom. The average Bonchev–Trinajstić information content (AvgIpc) is 2.92. The van der Waals surface area contributed by atoms with Crippen LogP contribution in [0.4, 0.5) is 0 Å². The highest BCUT2D eigenvalue weighted by atomic mass is 32.2. The second-order valence-corrected chi connectivity index (χ2v) is 6.97. The molecule has 1 N–H and O–H groups in total. The quantitative estimate of drug-likeness (QED) is 0.832. The highest BCUT2D eigenvalue weighted by molar-refractivity contribution is 7.89. The molecular formula is C12H19N3O5S. The first-order valence-electron chi connectivity index (χ1n) is 6.47. The molecule has 2 atom stereocenters. The van der Waals surface area contributed by atoms with E-state index in [0.29, 0.717) is 11.4 Å². The van der Waals surface area contributed by atoms with Crippen LogP contribution in [-0.4, -0.2) is 59.4 Å². The summed E-state index contributed by atoms with van der Waals surface area (Å²) < 4.78 is 33.2. The Morgan fingerprint density at radius 3 is 2.48 bits per heavy atom. The standard InChI is InChI=1S/C12H19N3O5S/c1-7-11(8(2)14(3)13-7)21(18,19)15-6-9(20-4)5-10(15)12(16)17/h9-10H,5-6H2,1-4H3,(H,16,17). The van der Waals surface area contributed by atoms with Crippen LogP contribution in [0.15, 0.2) is 4.90 Å². The van der Waals surface area contributed by atoms with Crippen LogP contribution < -0.4 is 0 Å². The summed E-state index contributed by atoms with van der Waals surface area (Å²) in [6, 6.07) is -1.11. The summed E-state index contributed by atoms with van der Waals surface area (Å²) in [7, 11) is -0.832. The zero-order valence-corrected chi connectivity index (χ0v) is 13.2. The minimum atomic E-state index is -3.93. The van der Waals surface area contributed by atoms with E-state index in [1.165, 1.54) is 11.8 Å². The van der Waals surface area contributed by atoms with Crippen molar-refractivity contribution < 1.29 is 23.1 Å². The Morgan fingerprint density at radius 2 is 2.05 bits per heavy atom. The summed E-state index contributed by atoms with van der Waals surface area (Å²) in [5.74, 6) is -1.17. The number of aromatic nitrogens is 2. The van der Waals surface area contributed by atoms with Gasteiger partial charge in [0.15, 0.2) is 0 Å². The first-order chi connectivity index (χ1) is 9.70. The van der Waals surface area contributed by atoms with E-state index in [4.69, 9.17) is 4.74 Å². The van der Waals surface area contributed by atoms with E-state index in [1.807, 2.05) is 0 Å². The normalized spacial score (nSPS) is 23.6. The van der Waals surface area contributed by atoms with Gasteiger partial charge in [0.1, 0.15) is 10.9 Å². The number of sulfonamides is 1. The molecule has 1 saturated heterocycles. The predicted octanol–water partition coefficient (Wildman–Crippen LogP) is -0.100. The molecule has 0 aliphatic carbocycles. The number of aryl methyl sites for hydroxylation is 2. The van der Waals surface area contributed by atoms with Crippen molar-refractivity contribution in [2.24, 2.45) is 7.05 Å². The molecule has 2 heterocycles. The monoisotopic (exact) mass is 317 g/mol. The molecule has 1 aliphatic heterocycles. The molecule has 0 amide bonds. The van der Waals surface area contributed by atoms with E-state index in [1.54, 1.807) is 20.9 Å². The van der Waals surface area contributed by atoms with E-state index in [9.17, 15) is 18.3 Å². The molecule has 0 radical (unpaired) electrons. The summed E-state index contributed by atoms with van der Waals surface area (Å²) in [5, 5.41) is 13.4. The molecule has 21 heavy (non-hydrogen) atoms. The topological polar surface area (TPSA) is 102 Å². The number of methoxy groups -OCH3 is 1. The van der Waals surface area contributed by atoms with Gasteiger partial charge < -0.3 is 9.84 Å². The van der Waals surface area contributed by atoms with Crippen LogP contribution in [-0.2, 0) is 26.6 Å². The first kappa shape index (κ1) is 15.9. The van der Waals surface area contributed by atoms with Crippen molar-refractivity contribution in [2.45, 2.75) is 37.3 Å². The maximum Gasteiger partial charge on any atom is 0.322 e. The van der Waals surface area contributed by atoms with Gasteiger partial charge in [-0.1, -0.05) is 0 Å². The second kappa shape index (κ2) is 5.39. The number of hydrogen-bond acceptors (Lipinski definition) is 5. The van der Waals surface area contributed by atoms with Gasteiger partial charge in [-0.25, -0.2) is 8.42 Å². The van der Waals surface area contributed by atoms with Crippen LogP contribution in [0.3, 0.4) is 0 Å². The largest absolute Gasteiger partial charge is 0.480 e. The van der Waals surface area contributed by atoms with Gasteiger partial charge in [0.25, 0.3) is 0 Å². The summed E-state index contributed by atoms with van der Waals surface area (Å²) in [4.78, 5) is 11.4. The fourth-order valence-electron chi connectivity index (χ4n) is 2.67. The lowest BCUT2D eigenvalue weighted by molar-refractivity contribution is -0.140. The van der Waals surface area contributed by atoms with Gasteiger partial charge in [0.2, 0.25) is 10.0 Å². The van der Waals surface area contributed by atoms with Crippen molar-refractivity contribution in [1.82, 2.24) is 14.1 Å². The summed E-state index contributed by atoms with van der Waals surface area (Å²) in [5.41, 5.74) is 0.845. The summed E-state index contributed by atoms with van der Waals surface area (Å²) in [6.45, 7) is 3.27.